The molecule has 0 spiro atoms. The monoisotopic (exact) mass is 226 g/mol. The fourth-order valence-corrected chi connectivity index (χ4v) is 1.45. The van der Waals surface area contributed by atoms with Crippen LogP contribution in [0.25, 0.3) is 0 Å². The van der Waals surface area contributed by atoms with E-state index in [0.717, 1.165) is 5.57 Å². The minimum Gasteiger partial charge on any atom is -0.468 e. The zero-order valence-corrected chi connectivity index (χ0v) is 8.96. The second kappa shape index (κ2) is 5.41. The molecule has 2 N–H and O–H groups in total. The Morgan fingerprint density at radius 3 is 2.94 bits per heavy atom. The van der Waals surface area contributed by atoms with E-state index in [1.54, 1.807) is 12.2 Å². The van der Waals surface area contributed by atoms with Crippen molar-refractivity contribution in [2.24, 2.45) is 5.73 Å². The maximum Gasteiger partial charge on any atom is 0.322 e. The van der Waals surface area contributed by atoms with Gasteiger partial charge in [0.05, 0.1) is 7.11 Å². The lowest BCUT2D eigenvalue weighted by molar-refractivity contribution is -0.508. The first kappa shape index (κ1) is 12.4. The summed E-state index contributed by atoms with van der Waals surface area (Å²) in [5.41, 5.74) is 6.40. The molecule has 0 aliphatic heterocycles. The molecular formula is C10H14N2O4. The molecule has 0 aromatic rings. The highest BCUT2D eigenvalue weighted by Crippen LogP contribution is 2.16. The van der Waals surface area contributed by atoms with Gasteiger partial charge in [0.1, 0.15) is 6.04 Å². The first-order valence-corrected chi connectivity index (χ1v) is 4.88. The molecule has 0 aromatic carbocycles. The van der Waals surface area contributed by atoms with Crippen LogP contribution in [-0.2, 0) is 9.53 Å². The third-order valence-electron chi connectivity index (χ3n) is 2.38. The number of hydrogen-bond donors (Lipinski definition) is 1. The van der Waals surface area contributed by atoms with Crippen molar-refractivity contribution in [2.45, 2.75) is 24.9 Å². The number of nitrogens with zero attached hydrogens (tertiary/aromatic N) is 1. The standard InChI is InChI=1S/C10H14N2O4/c1-16-10(13)9(11)6-7-2-4-8(5-3-7)12(14)15/h2-4,8-9H,5-6,11H2,1H3. The van der Waals surface area contributed by atoms with E-state index in [9.17, 15) is 14.9 Å². The highest BCUT2D eigenvalue weighted by Gasteiger charge is 2.20. The smallest absolute Gasteiger partial charge is 0.322 e. The van der Waals surface area contributed by atoms with Gasteiger partial charge in [0.2, 0.25) is 6.04 Å². The van der Waals surface area contributed by atoms with Crippen LogP contribution in [0.4, 0.5) is 0 Å². The highest BCUT2D eigenvalue weighted by atomic mass is 16.6. The molecule has 1 rings (SSSR count). The van der Waals surface area contributed by atoms with Crippen molar-refractivity contribution < 1.29 is 14.5 Å². The maximum absolute atomic E-state index is 11.1. The molecule has 88 valence electrons. The van der Waals surface area contributed by atoms with Gasteiger partial charge >= 0.3 is 5.97 Å². The Morgan fingerprint density at radius 1 is 1.81 bits per heavy atom. The molecule has 16 heavy (non-hydrogen) atoms. The predicted octanol–water partition coefficient (Wildman–Crippen LogP) is 0.408. The van der Waals surface area contributed by atoms with Crippen molar-refractivity contribution in [1.82, 2.24) is 0 Å². The first-order valence-electron chi connectivity index (χ1n) is 4.88. The van der Waals surface area contributed by atoms with Crippen LogP contribution in [0.2, 0.25) is 0 Å². The molecule has 1 aliphatic rings. The third-order valence-corrected chi connectivity index (χ3v) is 2.38. The third kappa shape index (κ3) is 3.16. The fourth-order valence-electron chi connectivity index (χ4n) is 1.45. The summed E-state index contributed by atoms with van der Waals surface area (Å²) in [6, 6.07) is -1.38. The molecule has 0 radical (unpaired) electrons. The predicted molar refractivity (Wildman–Crippen MR) is 57.2 cm³/mol. The number of methoxy groups -OCH3 is 1. The van der Waals surface area contributed by atoms with Gasteiger partial charge in [-0.1, -0.05) is 12.2 Å². The van der Waals surface area contributed by atoms with Gasteiger partial charge in [0.15, 0.2) is 0 Å². The number of carbonyl (C=O) groups is 1. The summed E-state index contributed by atoms with van der Waals surface area (Å²) >= 11 is 0. The van der Waals surface area contributed by atoms with E-state index >= 15 is 0 Å². The Balaban J connectivity index is 2.51. The average molecular weight is 226 g/mol. The molecule has 0 heterocycles. The number of ether oxygens (including phenoxy) is 1. The number of rotatable bonds is 4. The van der Waals surface area contributed by atoms with Gasteiger partial charge in [-0.25, -0.2) is 0 Å². The largest absolute Gasteiger partial charge is 0.468 e. The lowest BCUT2D eigenvalue weighted by atomic mass is 9.98. The van der Waals surface area contributed by atoms with Gasteiger partial charge in [-0.05, 0) is 18.1 Å². The minimum absolute atomic E-state index is 0.340. The zero-order valence-electron chi connectivity index (χ0n) is 8.96. The normalized spacial score (nSPS) is 21.1. The van der Waals surface area contributed by atoms with Crippen molar-refractivity contribution in [3.63, 3.8) is 0 Å². The summed E-state index contributed by atoms with van der Waals surface area (Å²) in [5.74, 6) is -0.481. The van der Waals surface area contributed by atoms with Crippen LogP contribution in [0.3, 0.4) is 0 Å². The minimum atomic E-state index is -0.715. The molecule has 1 aliphatic carbocycles. The summed E-state index contributed by atoms with van der Waals surface area (Å²) in [6.07, 6.45) is 5.57. The van der Waals surface area contributed by atoms with E-state index < -0.39 is 18.1 Å². The molecule has 2 unspecified atom stereocenters. The SMILES string of the molecule is COC(=O)C(N)CC1=CCC([N+](=O)[O-])C=C1. The molecular weight excluding hydrogens is 212 g/mol. The quantitative estimate of drug-likeness (QED) is 0.425. The Bertz CT molecular complexity index is 349. The second-order valence-electron chi connectivity index (χ2n) is 3.56. The number of allylic oxidation sites excluding steroid dienone is 1. The fraction of sp³-hybridized carbons (Fsp3) is 0.500. The number of hydrogen-bond acceptors (Lipinski definition) is 5. The molecule has 0 amide bonds. The Morgan fingerprint density at radius 2 is 2.50 bits per heavy atom. The van der Waals surface area contributed by atoms with E-state index in [1.807, 2.05) is 0 Å². The van der Waals surface area contributed by atoms with Gasteiger partial charge in [0, 0.05) is 11.3 Å². The van der Waals surface area contributed by atoms with Crippen LogP contribution in [0.5, 0.6) is 0 Å². The van der Waals surface area contributed by atoms with Gasteiger partial charge in [-0.2, -0.15) is 0 Å². The second-order valence-corrected chi connectivity index (χ2v) is 3.56. The molecule has 0 aromatic heterocycles. The average Bonchev–Trinajstić information content (AvgIpc) is 2.28. The van der Waals surface area contributed by atoms with Crippen LogP contribution in [0.15, 0.2) is 23.8 Å². The van der Waals surface area contributed by atoms with Crippen molar-refractivity contribution in [3.05, 3.63) is 33.9 Å². The zero-order chi connectivity index (χ0) is 12.1. The highest BCUT2D eigenvalue weighted by molar-refractivity contribution is 5.75. The van der Waals surface area contributed by atoms with Gasteiger partial charge in [-0.3, -0.25) is 14.9 Å². The maximum atomic E-state index is 11.1. The molecule has 6 nitrogen and oxygen atoms in total. The molecule has 0 bridgehead atoms. The Labute approximate surface area is 92.9 Å². The summed E-state index contributed by atoms with van der Waals surface area (Å²) < 4.78 is 4.49. The molecule has 0 saturated heterocycles. The van der Waals surface area contributed by atoms with Crippen LogP contribution in [-0.4, -0.2) is 30.1 Å². The Hall–Kier alpha value is -1.69. The number of esters is 1. The van der Waals surface area contributed by atoms with Crippen molar-refractivity contribution in [1.29, 1.82) is 0 Å². The lowest BCUT2D eigenvalue weighted by Crippen LogP contribution is -2.32. The van der Waals surface area contributed by atoms with E-state index in [-0.39, 0.29) is 4.92 Å². The summed E-state index contributed by atoms with van der Waals surface area (Å²) in [7, 11) is 1.27. The van der Waals surface area contributed by atoms with E-state index in [2.05, 4.69) is 4.74 Å². The van der Waals surface area contributed by atoms with E-state index in [1.165, 1.54) is 13.2 Å². The molecule has 0 saturated carbocycles. The van der Waals surface area contributed by atoms with Crippen molar-refractivity contribution in [2.75, 3.05) is 7.11 Å². The summed E-state index contributed by atoms with van der Waals surface area (Å²) in [5, 5.41) is 10.5. The lowest BCUT2D eigenvalue weighted by Gasteiger charge is -2.13. The van der Waals surface area contributed by atoms with Gasteiger partial charge < -0.3 is 10.5 Å². The van der Waals surface area contributed by atoms with Gasteiger partial charge in [0.25, 0.3) is 0 Å². The topological polar surface area (TPSA) is 95.5 Å². The Kier molecular flexibility index (Phi) is 4.19. The van der Waals surface area contributed by atoms with Crippen LogP contribution >= 0.6 is 0 Å². The molecule has 0 fully saturated rings. The van der Waals surface area contributed by atoms with Crippen molar-refractivity contribution >= 4 is 5.97 Å². The van der Waals surface area contributed by atoms with Crippen molar-refractivity contribution in [3.8, 4) is 0 Å². The van der Waals surface area contributed by atoms with Gasteiger partial charge in [-0.15, -0.1) is 0 Å². The summed E-state index contributed by atoms with van der Waals surface area (Å²) in [4.78, 5) is 21.2. The first-order chi connectivity index (χ1) is 7.54. The van der Waals surface area contributed by atoms with E-state index in [4.69, 9.17) is 5.73 Å². The number of carbonyl (C=O) groups excluding carboxylic acids is 1. The summed E-state index contributed by atoms with van der Waals surface area (Å²) in [6.45, 7) is 0. The van der Waals surface area contributed by atoms with Crippen LogP contribution in [0, 0.1) is 10.1 Å². The van der Waals surface area contributed by atoms with Crippen LogP contribution in [0.1, 0.15) is 12.8 Å². The molecule has 6 heteroatoms. The number of nitrogens with two attached hydrogens (primary N) is 1. The molecule has 2 atom stereocenters. The van der Waals surface area contributed by atoms with Crippen LogP contribution < -0.4 is 5.73 Å². The van der Waals surface area contributed by atoms with E-state index in [0.29, 0.717) is 12.8 Å². The number of nitro groups is 1.